The summed E-state index contributed by atoms with van der Waals surface area (Å²) in [4.78, 5) is 12.3. The smallest absolute Gasteiger partial charge is 0.237 e. The maximum absolute atomic E-state index is 12.3. The van der Waals surface area contributed by atoms with Crippen LogP contribution in [0, 0.1) is 11.8 Å². The SMILES string of the molecule is CCC(CNC(=O)C(N)C1CCOCC1)Cc1cccc(Br)c1.Cl. The van der Waals surface area contributed by atoms with Crippen LogP contribution in [0.15, 0.2) is 28.7 Å². The maximum atomic E-state index is 12.3. The van der Waals surface area contributed by atoms with Crippen molar-refractivity contribution in [2.75, 3.05) is 19.8 Å². The number of rotatable bonds is 7. The Bertz CT molecular complexity index is 510. The molecule has 0 bridgehead atoms. The molecule has 2 unspecified atom stereocenters. The quantitative estimate of drug-likeness (QED) is 0.712. The van der Waals surface area contributed by atoms with Crippen molar-refractivity contribution < 1.29 is 9.53 Å². The second-order valence-electron chi connectivity index (χ2n) is 6.33. The van der Waals surface area contributed by atoms with Crippen LogP contribution in [0.1, 0.15) is 31.7 Å². The van der Waals surface area contributed by atoms with E-state index in [1.807, 2.05) is 12.1 Å². The molecule has 2 rings (SSSR count). The lowest BCUT2D eigenvalue weighted by Crippen LogP contribution is -2.48. The number of halogens is 2. The first-order chi connectivity index (χ1) is 11.1. The standard InChI is InChI=1S/C18H27BrN2O2.ClH/c1-2-13(10-14-4-3-5-16(19)11-14)12-21-18(22)17(20)15-6-8-23-9-7-15;/h3-5,11,13,15,17H,2,6-10,12,20H2,1H3,(H,21,22);1H. The Morgan fingerprint density at radius 3 is 2.75 bits per heavy atom. The number of hydrogen-bond acceptors (Lipinski definition) is 3. The van der Waals surface area contributed by atoms with E-state index in [2.05, 4.69) is 40.3 Å². The van der Waals surface area contributed by atoms with Gasteiger partial charge in [0.05, 0.1) is 6.04 Å². The molecular weight excluding hydrogens is 392 g/mol. The highest BCUT2D eigenvalue weighted by Gasteiger charge is 2.26. The summed E-state index contributed by atoms with van der Waals surface area (Å²) in [6.07, 6.45) is 3.75. The molecule has 0 aromatic heterocycles. The molecule has 1 amide bonds. The zero-order chi connectivity index (χ0) is 16.7. The summed E-state index contributed by atoms with van der Waals surface area (Å²) in [6.45, 7) is 4.27. The first-order valence-corrected chi connectivity index (χ1v) is 9.25. The molecule has 136 valence electrons. The van der Waals surface area contributed by atoms with Crippen LogP contribution >= 0.6 is 28.3 Å². The average Bonchev–Trinajstić information content (AvgIpc) is 2.58. The fraction of sp³-hybridized carbons (Fsp3) is 0.611. The van der Waals surface area contributed by atoms with Gasteiger partial charge in [0.1, 0.15) is 0 Å². The monoisotopic (exact) mass is 418 g/mol. The normalized spacial score (nSPS) is 17.6. The number of nitrogens with two attached hydrogens (primary N) is 1. The summed E-state index contributed by atoms with van der Waals surface area (Å²) in [5.74, 6) is 0.647. The van der Waals surface area contributed by atoms with Crippen molar-refractivity contribution in [3.05, 3.63) is 34.3 Å². The van der Waals surface area contributed by atoms with E-state index in [9.17, 15) is 4.79 Å². The molecule has 1 aliphatic heterocycles. The van der Waals surface area contributed by atoms with Crippen molar-refractivity contribution in [2.45, 2.75) is 38.6 Å². The van der Waals surface area contributed by atoms with E-state index in [1.54, 1.807) is 0 Å². The van der Waals surface area contributed by atoms with Crippen molar-refractivity contribution in [3.63, 3.8) is 0 Å². The fourth-order valence-electron chi connectivity index (χ4n) is 3.01. The summed E-state index contributed by atoms with van der Waals surface area (Å²) in [6, 6.07) is 7.92. The minimum Gasteiger partial charge on any atom is -0.381 e. The van der Waals surface area contributed by atoms with E-state index < -0.39 is 6.04 Å². The highest BCUT2D eigenvalue weighted by Crippen LogP contribution is 2.19. The Kier molecular flexibility index (Phi) is 9.89. The highest BCUT2D eigenvalue weighted by atomic mass is 79.9. The molecule has 1 aromatic carbocycles. The predicted octanol–water partition coefficient (Wildman–Crippen LogP) is 3.31. The largest absolute Gasteiger partial charge is 0.381 e. The van der Waals surface area contributed by atoms with Crippen molar-refractivity contribution in [2.24, 2.45) is 17.6 Å². The Hall–Kier alpha value is -0.620. The van der Waals surface area contributed by atoms with Gasteiger partial charge >= 0.3 is 0 Å². The van der Waals surface area contributed by atoms with Gasteiger partial charge in [0.2, 0.25) is 5.91 Å². The minimum absolute atomic E-state index is 0. The van der Waals surface area contributed by atoms with Crippen LogP contribution < -0.4 is 11.1 Å². The Labute approximate surface area is 159 Å². The third-order valence-electron chi connectivity index (χ3n) is 4.63. The zero-order valence-corrected chi connectivity index (χ0v) is 16.6. The number of nitrogens with one attached hydrogen (secondary N) is 1. The Balaban J connectivity index is 0.00000288. The summed E-state index contributed by atoms with van der Waals surface area (Å²) in [5.41, 5.74) is 7.40. The molecule has 4 nitrogen and oxygen atoms in total. The lowest BCUT2D eigenvalue weighted by Gasteiger charge is -2.27. The van der Waals surface area contributed by atoms with Crippen molar-refractivity contribution in [1.29, 1.82) is 0 Å². The molecule has 3 N–H and O–H groups in total. The minimum atomic E-state index is -0.415. The molecule has 0 radical (unpaired) electrons. The molecule has 6 heteroatoms. The molecule has 1 aromatic rings. The summed E-state index contributed by atoms with van der Waals surface area (Å²) in [5, 5.41) is 3.05. The number of carbonyl (C=O) groups excluding carboxylic acids is 1. The van der Waals surface area contributed by atoms with E-state index in [0.717, 1.165) is 30.2 Å². The number of ether oxygens (including phenoxy) is 1. The van der Waals surface area contributed by atoms with Gasteiger partial charge in [0, 0.05) is 24.2 Å². The van der Waals surface area contributed by atoms with E-state index in [0.29, 0.717) is 25.7 Å². The third kappa shape index (κ3) is 6.71. The third-order valence-corrected chi connectivity index (χ3v) is 5.13. The van der Waals surface area contributed by atoms with Crippen LogP contribution in [-0.2, 0) is 16.0 Å². The number of benzene rings is 1. The Morgan fingerprint density at radius 1 is 1.42 bits per heavy atom. The van der Waals surface area contributed by atoms with E-state index in [-0.39, 0.29) is 24.2 Å². The molecule has 0 saturated carbocycles. The van der Waals surface area contributed by atoms with Crippen LogP contribution in [0.25, 0.3) is 0 Å². The zero-order valence-electron chi connectivity index (χ0n) is 14.2. The van der Waals surface area contributed by atoms with Gasteiger partial charge in [-0.25, -0.2) is 0 Å². The van der Waals surface area contributed by atoms with Gasteiger partial charge in [0.15, 0.2) is 0 Å². The van der Waals surface area contributed by atoms with Gasteiger partial charge in [-0.05, 0) is 48.8 Å². The Morgan fingerprint density at radius 2 is 2.12 bits per heavy atom. The van der Waals surface area contributed by atoms with Gasteiger partial charge in [-0.3, -0.25) is 4.79 Å². The molecule has 0 spiro atoms. The molecule has 1 fully saturated rings. The molecule has 2 atom stereocenters. The van der Waals surface area contributed by atoms with Gasteiger partial charge in [-0.15, -0.1) is 12.4 Å². The van der Waals surface area contributed by atoms with Gasteiger partial charge < -0.3 is 15.8 Å². The van der Waals surface area contributed by atoms with Gasteiger partial charge in [0.25, 0.3) is 0 Å². The highest BCUT2D eigenvalue weighted by molar-refractivity contribution is 9.10. The van der Waals surface area contributed by atoms with Crippen LogP contribution in [0.2, 0.25) is 0 Å². The average molecular weight is 420 g/mol. The van der Waals surface area contributed by atoms with E-state index >= 15 is 0 Å². The van der Waals surface area contributed by atoms with E-state index in [4.69, 9.17) is 10.5 Å². The molecule has 0 aliphatic carbocycles. The van der Waals surface area contributed by atoms with Crippen molar-refractivity contribution >= 4 is 34.2 Å². The van der Waals surface area contributed by atoms with E-state index in [1.165, 1.54) is 5.56 Å². The second kappa shape index (κ2) is 11.1. The van der Waals surface area contributed by atoms with Crippen LogP contribution in [0.4, 0.5) is 0 Å². The molecular formula is C18H28BrClN2O2. The lowest BCUT2D eigenvalue weighted by molar-refractivity contribution is -0.124. The molecule has 1 saturated heterocycles. The van der Waals surface area contributed by atoms with Crippen molar-refractivity contribution in [3.8, 4) is 0 Å². The van der Waals surface area contributed by atoms with Gasteiger partial charge in [-0.1, -0.05) is 41.4 Å². The number of hydrogen-bond donors (Lipinski definition) is 2. The molecule has 1 aliphatic rings. The maximum Gasteiger partial charge on any atom is 0.237 e. The van der Waals surface area contributed by atoms with Gasteiger partial charge in [-0.2, -0.15) is 0 Å². The van der Waals surface area contributed by atoms with Crippen LogP contribution in [0.3, 0.4) is 0 Å². The lowest BCUT2D eigenvalue weighted by atomic mass is 9.91. The first kappa shape index (κ1) is 21.4. The summed E-state index contributed by atoms with van der Waals surface area (Å²) < 4.78 is 6.42. The second-order valence-corrected chi connectivity index (χ2v) is 7.24. The number of amides is 1. The molecule has 1 heterocycles. The molecule has 24 heavy (non-hydrogen) atoms. The van der Waals surface area contributed by atoms with Crippen LogP contribution in [0.5, 0.6) is 0 Å². The summed E-state index contributed by atoms with van der Waals surface area (Å²) in [7, 11) is 0. The predicted molar refractivity (Wildman–Crippen MR) is 103 cm³/mol. The van der Waals surface area contributed by atoms with Crippen LogP contribution in [-0.4, -0.2) is 31.7 Å². The van der Waals surface area contributed by atoms with Crippen molar-refractivity contribution in [1.82, 2.24) is 5.32 Å². The first-order valence-electron chi connectivity index (χ1n) is 8.45. The fourth-order valence-corrected chi connectivity index (χ4v) is 3.46. The topological polar surface area (TPSA) is 64.4 Å². The summed E-state index contributed by atoms with van der Waals surface area (Å²) >= 11 is 3.50. The number of carbonyl (C=O) groups is 1.